The van der Waals surface area contributed by atoms with Gasteiger partial charge in [0.25, 0.3) is 0 Å². The van der Waals surface area contributed by atoms with Gasteiger partial charge in [-0.15, -0.1) is 5.10 Å². The Labute approximate surface area is 136 Å². The number of nitrogens with zero attached hydrogens (tertiary/aromatic N) is 4. The second kappa shape index (κ2) is 6.91. The van der Waals surface area contributed by atoms with Gasteiger partial charge in [0, 0.05) is 20.2 Å². The van der Waals surface area contributed by atoms with Crippen LogP contribution in [0.3, 0.4) is 0 Å². The maximum absolute atomic E-state index is 12.5. The number of carbonyl (C=O) groups is 1. The Kier molecular flexibility index (Phi) is 4.71. The zero-order chi connectivity index (χ0) is 16.2. The van der Waals surface area contributed by atoms with Crippen molar-refractivity contribution < 1.29 is 9.53 Å². The van der Waals surface area contributed by atoms with Gasteiger partial charge in [0.2, 0.25) is 5.91 Å². The monoisotopic (exact) mass is 314 g/mol. The minimum Gasteiger partial charge on any atom is -0.378 e. The maximum Gasteiger partial charge on any atom is 0.227 e. The van der Waals surface area contributed by atoms with Crippen LogP contribution in [0, 0.1) is 6.92 Å². The molecule has 0 bridgehead atoms. The first-order valence-electron chi connectivity index (χ1n) is 7.89. The Morgan fingerprint density at radius 2 is 2.22 bits per heavy atom. The zero-order valence-electron chi connectivity index (χ0n) is 13.6. The molecular weight excluding hydrogens is 292 g/mol. The Balaban J connectivity index is 1.60. The van der Waals surface area contributed by atoms with Gasteiger partial charge in [-0.1, -0.05) is 29.5 Å². The predicted molar refractivity (Wildman–Crippen MR) is 85.9 cm³/mol. The number of benzene rings is 1. The summed E-state index contributed by atoms with van der Waals surface area (Å²) < 4.78 is 6.92. The SMILES string of the molecule is COCc1cn(C2CCN(C(=O)Cc3ccccc3C)C2)nn1. The summed E-state index contributed by atoms with van der Waals surface area (Å²) in [5, 5.41) is 8.24. The third kappa shape index (κ3) is 3.59. The lowest BCUT2D eigenvalue weighted by molar-refractivity contribution is -0.129. The Morgan fingerprint density at radius 1 is 1.39 bits per heavy atom. The second-order valence-electron chi connectivity index (χ2n) is 6.01. The minimum absolute atomic E-state index is 0.180. The summed E-state index contributed by atoms with van der Waals surface area (Å²) in [5.41, 5.74) is 3.08. The molecule has 1 fully saturated rings. The Morgan fingerprint density at radius 3 is 3.00 bits per heavy atom. The molecule has 2 aromatic rings. The smallest absolute Gasteiger partial charge is 0.227 e. The molecule has 0 N–H and O–H groups in total. The molecule has 6 nitrogen and oxygen atoms in total. The van der Waals surface area contributed by atoms with Gasteiger partial charge >= 0.3 is 0 Å². The van der Waals surface area contributed by atoms with E-state index in [0.29, 0.717) is 19.6 Å². The molecule has 1 unspecified atom stereocenters. The molecule has 1 aromatic carbocycles. The van der Waals surface area contributed by atoms with Gasteiger partial charge in [-0.2, -0.15) is 0 Å². The highest BCUT2D eigenvalue weighted by molar-refractivity contribution is 5.79. The van der Waals surface area contributed by atoms with E-state index in [-0.39, 0.29) is 11.9 Å². The van der Waals surface area contributed by atoms with Crippen molar-refractivity contribution in [1.29, 1.82) is 0 Å². The number of rotatable bonds is 5. The van der Waals surface area contributed by atoms with E-state index in [1.807, 2.05) is 47.0 Å². The molecule has 0 radical (unpaired) electrons. The molecule has 6 heteroatoms. The van der Waals surface area contributed by atoms with E-state index >= 15 is 0 Å². The number of amides is 1. The third-order valence-electron chi connectivity index (χ3n) is 4.34. The van der Waals surface area contributed by atoms with Crippen LogP contribution in [0.4, 0.5) is 0 Å². The van der Waals surface area contributed by atoms with Gasteiger partial charge in [0.1, 0.15) is 5.69 Å². The number of hydrogen-bond acceptors (Lipinski definition) is 4. The molecule has 1 amide bonds. The highest BCUT2D eigenvalue weighted by Gasteiger charge is 2.28. The molecule has 0 saturated carbocycles. The lowest BCUT2D eigenvalue weighted by Gasteiger charge is -2.17. The molecule has 122 valence electrons. The van der Waals surface area contributed by atoms with Crippen LogP contribution in [0.15, 0.2) is 30.5 Å². The zero-order valence-corrected chi connectivity index (χ0v) is 13.6. The second-order valence-corrected chi connectivity index (χ2v) is 6.01. The van der Waals surface area contributed by atoms with Gasteiger partial charge in [0.05, 0.1) is 25.3 Å². The van der Waals surface area contributed by atoms with Crippen LogP contribution < -0.4 is 0 Å². The maximum atomic E-state index is 12.5. The number of methoxy groups -OCH3 is 1. The van der Waals surface area contributed by atoms with Crippen LogP contribution in [0.5, 0.6) is 0 Å². The van der Waals surface area contributed by atoms with Gasteiger partial charge in [-0.25, -0.2) is 4.68 Å². The predicted octanol–water partition coefficient (Wildman–Crippen LogP) is 1.75. The van der Waals surface area contributed by atoms with Crippen LogP contribution >= 0.6 is 0 Å². The van der Waals surface area contributed by atoms with Crippen LogP contribution in [0.1, 0.15) is 29.3 Å². The Hall–Kier alpha value is -2.21. The van der Waals surface area contributed by atoms with Crippen LogP contribution in [-0.4, -0.2) is 46.0 Å². The van der Waals surface area contributed by atoms with Crippen LogP contribution in [0.2, 0.25) is 0 Å². The van der Waals surface area contributed by atoms with Crippen molar-refractivity contribution in [1.82, 2.24) is 19.9 Å². The van der Waals surface area contributed by atoms with Crippen LogP contribution in [-0.2, 0) is 22.6 Å². The lowest BCUT2D eigenvalue weighted by atomic mass is 10.1. The summed E-state index contributed by atoms with van der Waals surface area (Å²) in [6.07, 6.45) is 3.28. The summed E-state index contributed by atoms with van der Waals surface area (Å²) in [6.45, 7) is 3.97. The number of aryl methyl sites for hydroxylation is 1. The molecule has 1 atom stereocenters. The van der Waals surface area contributed by atoms with Crippen molar-refractivity contribution in [3.8, 4) is 0 Å². The summed E-state index contributed by atoms with van der Waals surface area (Å²) in [6, 6.07) is 8.25. The van der Waals surface area contributed by atoms with Gasteiger partial charge in [-0.3, -0.25) is 4.79 Å². The number of hydrogen-bond donors (Lipinski definition) is 0. The molecule has 1 saturated heterocycles. The molecule has 0 aliphatic carbocycles. The number of ether oxygens (including phenoxy) is 1. The number of aromatic nitrogens is 3. The molecule has 2 heterocycles. The quantitative estimate of drug-likeness (QED) is 0.843. The fourth-order valence-electron chi connectivity index (χ4n) is 2.97. The standard InChI is InChI=1S/C17H22N4O2/c1-13-5-3-4-6-14(13)9-17(22)20-8-7-16(11-20)21-10-15(12-23-2)18-19-21/h3-6,10,16H,7-9,11-12H2,1-2H3. The van der Waals surface area contributed by atoms with Gasteiger partial charge in [-0.05, 0) is 24.5 Å². The highest BCUT2D eigenvalue weighted by Crippen LogP contribution is 2.22. The normalized spacial score (nSPS) is 17.7. The van der Waals surface area contributed by atoms with E-state index < -0.39 is 0 Å². The Bertz CT molecular complexity index is 683. The summed E-state index contributed by atoms with van der Waals surface area (Å²) in [5.74, 6) is 0.180. The molecule has 1 aliphatic heterocycles. The number of carbonyl (C=O) groups excluding carboxylic acids is 1. The molecule has 3 rings (SSSR count). The molecule has 23 heavy (non-hydrogen) atoms. The largest absolute Gasteiger partial charge is 0.378 e. The minimum atomic E-state index is 0.180. The van der Waals surface area contributed by atoms with E-state index in [2.05, 4.69) is 10.3 Å². The van der Waals surface area contributed by atoms with Crippen molar-refractivity contribution in [3.05, 3.63) is 47.3 Å². The molecular formula is C17H22N4O2. The van der Waals surface area contributed by atoms with Gasteiger partial charge in [0.15, 0.2) is 0 Å². The summed E-state index contributed by atoms with van der Waals surface area (Å²) >= 11 is 0. The summed E-state index contributed by atoms with van der Waals surface area (Å²) in [4.78, 5) is 14.4. The van der Waals surface area contributed by atoms with Crippen molar-refractivity contribution in [2.24, 2.45) is 0 Å². The average Bonchev–Trinajstić information content (AvgIpc) is 3.18. The van der Waals surface area contributed by atoms with Crippen molar-refractivity contribution >= 4 is 5.91 Å². The van der Waals surface area contributed by atoms with E-state index in [9.17, 15) is 4.79 Å². The first-order valence-corrected chi connectivity index (χ1v) is 7.89. The molecule has 0 spiro atoms. The van der Waals surface area contributed by atoms with E-state index in [0.717, 1.165) is 29.8 Å². The first kappa shape index (κ1) is 15.7. The van der Waals surface area contributed by atoms with Crippen LogP contribution in [0.25, 0.3) is 0 Å². The van der Waals surface area contributed by atoms with E-state index in [4.69, 9.17) is 4.74 Å². The van der Waals surface area contributed by atoms with Crippen molar-refractivity contribution in [2.75, 3.05) is 20.2 Å². The van der Waals surface area contributed by atoms with E-state index in [1.165, 1.54) is 0 Å². The fraction of sp³-hybridized carbons (Fsp3) is 0.471. The lowest BCUT2D eigenvalue weighted by Crippen LogP contribution is -2.30. The van der Waals surface area contributed by atoms with Gasteiger partial charge < -0.3 is 9.64 Å². The van der Waals surface area contributed by atoms with Crippen molar-refractivity contribution in [2.45, 2.75) is 32.4 Å². The van der Waals surface area contributed by atoms with E-state index in [1.54, 1.807) is 7.11 Å². The average molecular weight is 314 g/mol. The topological polar surface area (TPSA) is 60.2 Å². The molecule has 1 aromatic heterocycles. The first-order chi connectivity index (χ1) is 11.2. The highest BCUT2D eigenvalue weighted by atomic mass is 16.5. The third-order valence-corrected chi connectivity index (χ3v) is 4.34. The molecule has 1 aliphatic rings. The summed E-state index contributed by atoms with van der Waals surface area (Å²) in [7, 11) is 1.64. The fourth-order valence-corrected chi connectivity index (χ4v) is 2.97. The van der Waals surface area contributed by atoms with Crippen molar-refractivity contribution in [3.63, 3.8) is 0 Å². The number of likely N-dealkylation sites (tertiary alicyclic amines) is 1.